The molecule has 0 fully saturated rings. The van der Waals surface area contributed by atoms with Gasteiger partial charge in [0.05, 0.1) is 25.2 Å². The van der Waals surface area contributed by atoms with E-state index in [2.05, 4.69) is 25.9 Å². The number of amides is 6. The van der Waals surface area contributed by atoms with Gasteiger partial charge in [-0.25, -0.2) is 9.78 Å². The first kappa shape index (κ1) is 29.5. The number of aromatic amines is 1. The lowest BCUT2D eigenvalue weighted by Crippen LogP contribution is -2.58. The summed E-state index contributed by atoms with van der Waals surface area (Å²) in [6.07, 6.45) is 0.545. The number of carboxylic acid groups (broad SMARTS) is 1. The highest BCUT2D eigenvalue weighted by Crippen LogP contribution is 2.04. The summed E-state index contributed by atoms with van der Waals surface area (Å²) in [4.78, 5) is 89.5. The molecule has 17 nitrogen and oxygen atoms in total. The van der Waals surface area contributed by atoms with Crippen LogP contribution in [0.4, 0.5) is 0 Å². The van der Waals surface area contributed by atoms with E-state index in [1.165, 1.54) is 12.5 Å². The maximum absolute atomic E-state index is 12.8. The molecule has 13 N–H and O–H groups in total. The summed E-state index contributed by atoms with van der Waals surface area (Å²) < 4.78 is 0. The molecule has 0 aliphatic carbocycles. The highest BCUT2D eigenvalue weighted by molar-refractivity contribution is 5.97. The Morgan fingerprint density at radius 3 is 1.89 bits per heavy atom. The average molecular weight is 511 g/mol. The summed E-state index contributed by atoms with van der Waals surface area (Å²) in [5, 5.41) is 16.1. The third-order valence-electron chi connectivity index (χ3n) is 4.70. The number of carbonyl (C=O) groups is 7. The van der Waals surface area contributed by atoms with Crippen LogP contribution in [0.15, 0.2) is 12.5 Å². The Kier molecular flexibility index (Phi) is 11.5. The van der Waals surface area contributed by atoms with Crippen LogP contribution >= 0.6 is 0 Å². The molecular formula is C19H29N9O8. The van der Waals surface area contributed by atoms with Gasteiger partial charge in [0, 0.05) is 24.7 Å². The van der Waals surface area contributed by atoms with Gasteiger partial charge in [-0.15, -0.1) is 0 Å². The number of primary amides is 3. The van der Waals surface area contributed by atoms with Gasteiger partial charge >= 0.3 is 5.97 Å². The van der Waals surface area contributed by atoms with E-state index in [0.29, 0.717) is 5.69 Å². The van der Waals surface area contributed by atoms with E-state index in [1.54, 1.807) is 0 Å². The zero-order chi connectivity index (χ0) is 27.4. The molecule has 6 amide bonds. The van der Waals surface area contributed by atoms with Gasteiger partial charge < -0.3 is 49.0 Å². The molecule has 0 saturated carbocycles. The standard InChI is InChI=1S/C19H29N9O8/c20-9(4-14(22)30)16(32)27-11(5-15(23)31)18(34)26-10(1-2-13(21)29)17(33)28-12(19(35)36)3-8-6-24-7-25-8/h6-7,9-12H,1-5,20H2,(H2,21,29)(H2,22,30)(H2,23,31)(H,24,25)(H,26,34)(H,27,32)(H,28,33)(H,35,36). The average Bonchev–Trinajstić information content (AvgIpc) is 3.27. The predicted octanol–water partition coefficient (Wildman–Crippen LogP) is -5.17. The lowest BCUT2D eigenvalue weighted by Gasteiger charge is -2.24. The summed E-state index contributed by atoms with van der Waals surface area (Å²) in [6.45, 7) is 0. The minimum absolute atomic E-state index is 0.171. The van der Waals surface area contributed by atoms with Gasteiger partial charge in [-0.2, -0.15) is 0 Å². The van der Waals surface area contributed by atoms with Gasteiger partial charge in [0.25, 0.3) is 0 Å². The molecule has 0 aliphatic heterocycles. The molecule has 1 heterocycles. The molecule has 4 unspecified atom stereocenters. The number of hydrogen-bond acceptors (Lipinski definition) is 9. The maximum atomic E-state index is 12.8. The normalized spacial score (nSPS) is 13.9. The molecule has 36 heavy (non-hydrogen) atoms. The van der Waals surface area contributed by atoms with Gasteiger partial charge in [-0.1, -0.05) is 0 Å². The number of nitrogens with one attached hydrogen (secondary N) is 4. The molecule has 4 atom stereocenters. The van der Waals surface area contributed by atoms with Crippen molar-refractivity contribution in [3.05, 3.63) is 18.2 Å². The first-order valence-corrected chi connectivity index (χ1v) is 10.5. The van der Waals surface area contributed by atoms with E-state index in [-0.39, 0.29) is 19.3 Å². The van der Waals surface area contributed by atoms with Crippen molar-refractivity contribution in [2.24, 2.45) is 22.9 Å². The van der Waals surface area contributed by atoms with Crippen molar-refractivity contribution >= 4 is 41.4 Å². The third-order valence-corrected chi connectivity index (χ3v) is 4.70. The number of aliphatic carboxylic acids is 1. The van der Waals surface area contributed by atoms with Crippen molar-refractivity contribution in [1.82, 2.24) is 25.9 Å². The smallest absolute Gasteiger partial charge is 0.326 e. The summed E-state index contributed by atoms with van der Waals surface area (Å²) in [5.41, 5.74) is 21.2. The Hall–Kier alpha value is -4.54. The number of nitrogens with two attached hydrogens (primary N) is 4. The number of hydrogen-bond donors (Lipinski definition) is 9. The topological polar surface area (TPSA) is 309 Å². The molecule has 0 saturated heterocycles. The second kappa shape index (κ2) is 14.0. The van der Waals surface area contributed by atoms with E-state index in [4.69, 9.17) is 22.9 Å². The lowest BCUT2D eigenvalue weighted by molar-refractivity contribution is -0.142. The van der Waals surface area contributed by atoms with Crippen molar-refractivity contribution in [3.63, 3.8) is 0 Å². The van der Waals surface area contributed by atoms with Crippen LogP contribution in [0.3, 0.4) is 0 Å². The fraction of sp³-hybridized carbons (Fsp3) is 0.474. The van der Waals surface area contributed by atoms with Crippen molar-refractivity contribution in [1.29, 1.82) is 0 Å². The highest BCUT2D eigenvalue weighted by atomic mass is 16.4. The van der Waals surface area contributed by atoms with Crippen molar-refractivity contribution in [2.45, 2.75) is 56.3 Å². The van der Waals surface area contributed by atoms with Crippen molar-refractivity contribution in [2.75, 3.05) is 0 Å². The maximum Gasteiger partial charge on any atom is 0.326 e. The zero-order valence-corrected chi connectivity index (χ0v) is 19.1. The van der Waals surface area contributed by atoms with Gasteiger partial charge in [0.2, 0.25) is 35.4 Å². The van der Waals surface area contributed by atoms with Crippen LogP contribution in [0.25, 0.3) is 0 Å². The second-order valence-electron chi connectivity index (χ2n) is 7.76. The van der Waals surface area contributed by atoms with E-state index in [9.17, 15) is 38.7 Å². The third kappa shape index (κ3) is 10.6. The Labute approximate surface area is 204 Å². The van der Waals surface area contributed by atoms with E-state index >= 15 is 0 Å². The van der Waals surface area contributed by atoms with Crippen molar-refractivity contribution in [3.8, 4) is 0 Å². The van der Waals surface area contributed by atoms with Crippen LogP contribution in [-0.2, 0) is 40.0 Å². The molecule has 0 radical (unpaired) electrons. The molecule has 1 rings (SSSR count). The Morgan fingerprint density at radius 1 is 0.833 bits per heavy atom. The molecule has 0 aromatic carbocycles. The number of aromatic nitrogens is 2. The molecule has 17 heteroatoms. The molecule has 0 spiro atoms. The Bertz CT molecular complexity index is 982. The van der Waals surface area contributed by atoms with Crippen LogP contribution in [0.2, 0.25) is 0 Å². The summed E-state index contributed by atoms with van der Waals surface area (Å²) >= 11 is 0. The number of imidazole rings is 1. The van der Waals surface area contributed by atoms with Gasteiger partial charge in [0.1, 0.15) is 18.1 Å². The fourth-order valence-corrected chi connectivity index (χ4v) is 2.92. The number of nitrogens with zero attached hydrogens (tertiary/aromatic N) is 1. The monoisotopic (exact) mass is 511 g/mol. The van der Waals surface area contributed by atoms with E-state index < -0.39 is 78.4 Å². The van der Waals surface area contributed by atoms with E-state index in [1.807, 2.05) is 0 Å². The predicted molar refractivity (Wildman–Crippen MR) is 120 cm³/mol. The number of carboxylic acids is 1. The summed E-state index contributed by atoms with van der Waals surface area (Å²) in [6, 6.07) is -5.96. The number of H-pyrrole nitrogens is 1. The van der Waals surface area contributed by atoms with Gasteiger partial charge in [-0.05, 0) is 6.42 Å². The molecular weight excluding hydrogens is 482 g/mol. The van der Waals surface area contributed by atoms with Crippen LogP contribution in [0.1, 0.15) is 31.4 Å². The first-order valence-electron chi connectivity index (χ1n) is 10.5. The second-order valence-corrected chi connectivity index (χ2v) is 7.76. The first-order chi connectivity index (χ1) is 16.8. The minimum atomic E-state index is -1.61. The summed E-state index contributed by atoms with van der Waals surface area (Å²) in [5.74, 6) is -7.14. The zero-order valence-electron chi connectivity index (χ0n) is 19.1. The largest absolute Gasteiger partial charge is 0.480 e. The number of carbonyl (C=O) groups excluding carboxylic acids is 6. The van der Waals surface area contributed by atoms with Crippen LogP contribution in [-0.4, -0.2) is 80.7 Å². The van der Waals surface area contributed by atoms with Gasteiger partial charge in [0.15, 0.2) is 0 Å². The fourth-order valence-electron chi connectivity index (χ4n) is 2.92. The molecule has 198 valence electrons. The highest BCUT2D eigenvalue weighted by Gasteiger charge is 2.31. The SMILES string of the molecule is NC(=O)CCC(NC(=O)C(CC(N)=O)NC(=O)C(N)CC(N)=O)C(=O)NC(Cc1cnc[nH]1)C(=O)O. The van der Waals surface area contributed by atoms with Crippen LogP contribution < -0.4 is 38.9 Å². The quantitative estimate of drug-likeness (QED) is 0.102. The molecule has 1 aromatic rings. The number of rotatable bonds is 16. The molecule has 1 aromatic heterocycles. The van der Waals surface area contributed by atoms with Crippen LogP contribution in [0, 0.1) is 0 Å². The summed E-state index contributed by atoms with van der Waals surface area (Å²) in [7, 11) is 0. The molecule has 0 aliphatic rings. The minimum Gasteiger partial charge on any atom is -0.480 e. The van der Waals surface area contributed by atoms with E-state index in [0.717, 1.165) is 0 Å². The van der Waals surface area contributed by atoms with Crippen LogP contribution in [0.5, 0.6) is 0 Å². The molecule has 0 bridgehead atoms. The lowest BCUT2D eigenvalue weighted by atomic mass is 10.1. The van der Waals surface area contributed by atoms with Crippen molar-refractivity contribution < 1.29 is 38.7 Å². The van der Waals surface area contributed by atoms with Gasteiger partial charge in [-0.3, -0.25) is 28.8 Å². The Morgan fingerprint density at radius 2 is 1.39 bits per heavy atom. The Balaban J connectivity index is 3.02.